The van der Waals surface area contributed by atoms with E-state index in [2.05, 4.69) is 5.32 Å². The fourth-order valence-corrected chi connectivity index (χ4v) is 1.74. The molecule has 0 aliphatic rings. The largest absolute Gasteiger partial charge is 0.483 e. The van der Waals surface area contributed by atoms with Gasteiger partial charge in [-0.05, 0) is 42.5 Å². The maximum Gasteiger partial charge on any atom is 0.262 e. The summed E-state index contributed by atoms with van der Waals surface area (Å²) in [6.07, 6.45) is 0.468. The molecule has 21 heavy (non-hydrogen) atoms. The van der Waals surface area contributed by atoms with Crippen LogP contribution in [-0.4, -0.2) is 18.8 Å². The Balaban J connectivity index is 1.95. The van der Waals surface area contributed by atoms with Gasteiger partial charge in [-0.2, -0.15) is 0 Å². The van der Waals surface area contributed by atoms with Crippen LogP contribution < -0.4 is 10.1 Å². The van der Waals surface area contributed by atoms with Gasteiger partial charge in [0, 0.05) is 10.7 Å². The molecule has 0 unspecified atom stereocenters. The van der Waals surface area contributed by atoms with Crippen molar-refractivity contribution >= 4 is 29.5 Å². The number of nitrogens with one attached hydrogen (secondary N) is 1. The van der Waals surface area contributed by atoms with Crippen LogP contribution in [0.1, 0.15) is 10.4 Å². The van der Waals surface area contributed by atoms with Gasteiger partial charge >= 0.3 is 0 Å². The first-order chi connectivity index (χ1) is 10.1. The van der Waals surface area contributed by atoms with Gasteiger partial charge < -0.3 is 10.1 Å². The smallest absolute Gasteiger partial charge is 0.262 e. The summed E-state index contributed by atoms with van der Waals surface area (Å²) < 4.78 is 18.2. The van der Waals surface area contributed by atoms with Gasteiger partial charge in [-0.25, -0.2) is 4.39 Å². The van der Waals surface area contributed by atoms with Crippen molar-refractivity contribution in [1.82, 2.24) is 0 Å². The third kappa shape index (κ3) is 4.29. The molecule has 0 aromatic heterocycles. The van der Waals surface area contributed by atoms with E-state index < -0.39 is 11.7 Å². The highest BCUT2D eigenvalue weighted by Crippen LogP contribution is 2.18. The van der Waals surface area contributed by atoms with Crippen molar-refractivity contribution in [3.05, 3.63) is 58.9 Å². The molecule has 0 aliphatic heterocycles. The van der Waals surface area contributed by atoms with E-state index in [1.165, 1.54) is 6.07 Å². The second kappa shape index (κ2) is 6.85. The fourth-order valence-electron chi connectivity index (χ4n) is 1.62. The molecule has 0 bridgehead atoms. The molecular weight excluding hydrogens is 297 g/mol. The Hall–Kier alpha value is -2.40. The van der Waals surface area contributed by atoms with Gasteiger partial charge in [0.05, 0.1) is 5.56 Å². The molecule has 0 saturated carbocycles. The summed E-state index contributed by atoms with van der Waals surface area (Å²) in [5.41, 5.74) is 0.622. The molecule has 0 atom stereocenters. The molecule has 1 N–H and O–H groups in total. The van der Waals surface area contributed by atoms with Crippen LogP contribution in [0.5, 0.6) is 5.75 Å². The number of amides is 1. The van der Waals surface area contributed by atoms with Crippen LogP contribution in [0.3, 0.4) is 0 Å². The average molecular weight is 308 g/mol. The lowest BCUT2D eigenvalue weighted by atomic mass is 10.2. The van der Waals surface area contributed by atoms with Crippen LogP contribution in [0, 0.1) is 5.82 Å². The number of ether oxygens (including phenoxy) is 1. The number of benzene rings is 2. The van der Waals surface area contributed by atoms with Crippen molar-refractivity contribution in [3.63, 3.8) is 0 Å². The maximum absolute atomic E-state index is 12.9. The van der Waals surface area contributed by atoms with Gasteiger partial charge in [0.15, 0.2) is 12.9 Å². The van der Waals surface area contributed by atoms with E-state index in [1.54, 1.807) is 24.3 Å². The lowest BCUT2D eigenvalue weighted by Crippen LogP contribution is -2.20. The van der Waals surface area contributed by atoms with E-state index in [4.69, 9.17) is 16.3 Å². The quantitative estimate of drug-likeness (QED) is 0.862. The number of aldehydes is 1. The Kier molecular flexibility index (Phi) is 4.90. The minimum absolute atomic E-state index is 0.0503. The average Bonchev–Trinajstić information content (AvgIpc) is 2.48. The molecule has 6 heteroatoms. The van der Waals surface area contributed by atoms with E-state index in [0.29, 0.717) is 17.0 Å². The van der Waals surface area contributed by atoms with Crippen LogP contribution in [0.15, 0.2) is 42.5 Å². The summed E-state index contributed by atoms with van der Waals surface area (Å²) in [6.45, 7) is -0.297. The number of hydrogen-bond acceptors (Lipinski definition) is 3. The van der Waals surface area contributed by atoms with Gasteiger partial charge in [0.1, 0.15) is 11.6 Å². The monoisotopic (exact) mass is 307 g/mol. The summed E-state index contributed by atoms with van der Waals surface area (Å²) in [5, 5.41) is 3.16. The van der Waals surface area contributed by atoms with Crippen LogP contribution in [0.2, 0.25) is 5.02 Å². The number of anilines is 1. The summed E-state index contributed by atoms with van der Waals surface area (Å²) in [7, 11) is 0. The van der Waals surface area contributed by atoms with Gasteiger partial charge in [-0.15, -0.1) is 0 Å². The third-order valence-corrected chi connectivity index (χ3v) is 2.84. The molecule has 2 rings (SSSR count). The second-order valence-corrected chi connectivity index (χ2v) is 4.58. The molecule has 2 aromatic rings. The number of carbonyl (C=O) groups excluding carboxylic acids is 2. The maximum atomic E-state index is 12.9. The Morgan fingerprint density at radius 2 is 1.95 bits per heavy atom. The van der Waals surface area contributed by atoms with Gasteiger partial charge in [-0.3, -0.25) is 9.59 Å². The number of halogens is 2. The molecule has 1 amide bonds. The predicted octanol–water partition coefficient (Wildman–Crippen LogP) is 3.31. The van der Waals surface area contributed by atoms with Crippen molar-refractivity contribution in [3.8, 4) is 5.75 Å². The first-order valence-electron chi connectivity index (χ1n) is 6.01. The zero-order valence-electron chi connectivity index (χ0n) is 10.8. The van der Waals surface area contributed by atoms with Crippen LogP contribution in [0.25, 0.3) is 0 Å². The van der Waals surface area contributed by atoms with Crippen molar-refractivity contribution < 1.29 is 18.7 Å². The zero-order valence-corrected chi connectivity index (χ0v) is 11.6. The SMILES string of the molecule is O=Cc1cc(F)ccc1OCC(=O)Nc1ccc(Cl)cc1. The van der Waals surface area contributed by atoms with Crippen LogP contribution in [-0.2, 0) is 4.79 Å². The normalized spacial score (nSPS) is 10.0. The Morgan fingerprint density at radius 1 is 1.24 bits per heavy atom. The van der Waals surface area contributed by atoms with Crippen molar-refractivity contribution in [2.45, 2.75) is 0 Å². The first-order valence-corrected chi connectivity index (χ1v) is 6.39. The highest BCUT2D eigenvalue weighted by atomic mass is 35.5. The molecule has 0 aliphatic carbocycles. The first kappa shape index (κ1) is 15.0. The number of carbonyl (C=O) groups is 2. The highest BCUT2D eigenvalue weighted by molar-refractivity contribution is 6.30. The number of rotatable bonds is 5. The molecule has 0 spiro atoms. The van der Waals surface area contributed by atoms with E-state index in [9.17, 15) is 14.0 Å². The second-order valence-electron chi connectivity index (χ2n) is 4.14. The van der Waals surface area contributed by atoms with E-state index in [0.717, 1.165) is 12.1 Å². The molecular formula is C15H11ClFNO3. The third-order valence-electron chi connectivity index (χ3n) is 2.59. The minimum Gasteiger partial charge on any atom is -0.483 e. The summed E-state index contributed by atoms with van der Waals surface area (Å²) in [5.74, 6) is -0.800. The summed E-state index contributed by atoms with van der Waals surface area (Å²) in [4.78, 5) is 22.5. The fraction of sp³-hybridized carbons (Fsp3) is 0.0667. The van der Waals surface area contributed by atoms with Crippen LogP contribution in [0.4, 0.5) is 10.1 Å². The molecule has 0 heterocycles. The predicted molar refractivity (Wildman–Crippen MR) is 77.4 cm³/mol. The van der Waals surface area contributed by atoms with Crippen LogP contribution >= 0.6 is 11.6 Å². The minimum atomic E-state index is -0.546. The molecule has 0 fully saturated rings. The Bertz CT molecular complexity index is 658. The van der Waals surface area contributed by atoms with E-state index in [-0.39, 0.29) is 17.9 Å². The van der Waals surface area contributed by atoms with E-state index in [1.807, 2.05) is 0 Å². The molecule has 108 valence electrons. The molecule has 0 radical (unpaired) electrons. The standard InChI is InChI=1S/C15H11ClFNO3/c16-11-1-4-13(5-2-11)18-15(20)9-21-14-6-3-12(17)7-10(14)8-19/h1-8H,9H2,(H,18,20). The van der Waals surface area contributed by atoms with Gasteiger partial charge in [0.25, 0.3) is 5.91 Å². The van der Waals surface area contributed by atoms with E-state index >= 15 is 0 Å². The topological polar surface area (TPSA) is 55.4 Å². The summed E-state index contributed by atoms with van der Waals surface area (Å²) in [6, 6.07) is 10.1. The lowest BCUT2D eigenvalue weighted by Gasteiger charge is -2.09. The van der Waals surface area contributed by atoms with Crippen molar-refractivity contribution in [2.75, 3.05) is 11.9 Å². The molecule has 0 saturated heterocycles. The zero-order chi connectivity index (χ0) is 15.2. The van der Waals surface area contributed by atoms with Gasteiger partial charge in [-0.1, -0.05) is 11.6 Å². The van der Waals surface area contributed by atoms with Crippen molar-refractivity contribution in [2.24, 2.45) is 0 Å². The number of hydrogen-bond donors (Lipinski definition) is 1. The summed E-state index contributed by atoms with van der Waals surface area (Å²) >= 11 is 5.73. The highest BCUT2D eigenvalue weighted by Gasteiger charge is 2.08. The molecule has 4 nitrogen and oxygen atoms in total. The lowest BCUT2D eigenvalue weighted by molar-refractivity contribution is -0.118. The molecule has 2 aromatic carbocycles. The van der Waals surface area contributed by atoms with Crippen molar-refractivity contribution in [1.29, 1.82) is 0 Å². The van der Waals surface area contributed by atoms with Gasteiger partial charge in [0.2, 0.25) is 0 Å². The Labute approximate surface area is 125 Å². The Morgan fingerprint density at radius 3 is 2.62 bits per heavy atom.